The lowest BCUT2D eigenvalue weighted by molar-refractivity contribution is -0.138. The lowest BCUT2D eigenvalue weighted by Crippen LogP contribution is -2.45. The van der Waals surface area contributed by atoms with Gasteiger partial charge in [0.15, 0.2) is 0 Å². The van der Waals surface area contributed by atoms with Gasteiger partial charge in [0.1, 0.15) is 5.82 Å². The fraction of sp³-hybridized carbons (Fsp3) is 0.625. The average Bonchev–Trinajstić information content (AvgIpc) is 2.47. The molecule has 0 aliphatic carbocycles. The zero-order chi connectivity index (χ0) is 16.2. The number of rotatable bonds is 5. The van der Waals surface area contributed by atoms with E-state index in [0.717, 1.165) is 44.1 Å². The highest BCUT2D eigenvalue weighted by Gasteiger charge is 2.36. The van der Waals surface area contributed by atoms with Crippen molar-refractivity contribution in [1.82, 2.24) is 10.2 Å². The number of nitrogens with one attached hydrogen (secondary N) is 1. The van der Waals surface area contributed by atoms with Gasteiger partial charge in [0, 0.05) is 32.2 Å². The van der Waals surface area contributed by atoms with Gasteiger partial charge in [0.05, 0.1) is 5.56 Å². The van der Waals surface area contributed by atoms with E-state index in [4.69, 9.17) is 0 Å². The van der Waals surface area contributed by atoms with Crippen molar-refractivity contribution < 1.29 is 17.6 Å². The van der Waals surface area contributed by atoms with Crippen LogP contribution in [0.1, 0.15) is 43.4 Å². The van der Waals surface area contributed by atoms with Crippen molar-refractivity contribution >= 4 is 24.8 Å². The van der Waals surface area contributed by atoms with Crippen molar-refractivity contribution in [2.24, 2.45) is 0 Å². The number of hydrogen-bond acceptors (Lipinski definition) is 2. The first-order valence-corrected chi connectivity index (χ1v) is 7.75. The van der Waals surface area contributed by atoms with Crippen LogP contribution in [0.25, 0.3) is 0 Å². The van der Waals surface area contributed by atoms with Crippen molar-refractivity contribution in [2.45, 2.75) is 38.4 Å². The number of alkyl halides is 3. The van der Waals surface area contributed by atoms with Gasteiger partial charge in [0.2, 0.25) is 0 Å². The highest BCUT2D eigenvalue weighted by Crippen LogP contribution is 2.38. The molecule has 0 bridgehead atoms. The topological polar surface area (TPSA) is 15.3 Å². The van der Waals surface area contributed by atoms with E-state index in [0.29, 0.717) is 19.5 Å². The maximum Gasteiger partial charge on any atom is 0.416 e. The summed E-state index contributed by atoms with van der Waals surface area (Å²) in [5, 5.41) is 3.20. The lowest BCUT2D eigenvalue weighted by atomic mass is 9.94. The Morgan fingerprint density at radius 1 is 1.17 bits per heavy atom. The zero-order valence-corrected chi connectivity index (χ0v) is 15.2. The Morgan fingerprint density at radius 3 is 2.33 bits per heavy atom. The Balaban J connectivity index is 0.00000264. The average molecular weight is 391 g/mol. The third-order valence-electron chi connectivity index (χ3n) is 4.10. The van der Waals surface area contributed by atoms with Gasteiger partial charge in [-0.3, -0.25) is 4.90 Å². The molecule has 1 aromatic carbocycles. The Bertz CT molecular complexity index is 491. The minimum absolute atomic E-state index is 0. The summed E-state index contributed by atoms with van der Waals surface area (Å²) < 4.78 is 53.4. The molecule has 1 aromatic rings. The van der Waals surface area contributed by atoms with Crippen molar-refractivity contribution in [3.8, 4) is 0 Å². The van der Waals surface area contributed by atoms with Crippen LogP contribution < -0.4 is 5.32 Å². The molecule has 0 unspecified atom stereocenters. The minimum Gasteiger partial charge on any atom is -0.314 e. The van der Waals surface area contributed by atoms with Crippen LogP contribution in [-0.2, 0) is 6.18 Å². The molecule has 1 saturated heterocycles. The molecule has 0 spiro atoms. The van der Waals surface area contributed by atoms with Crippen molar-refractivity contribution in [3.63, 3.8) is 0 Å². The van der Waals surface area contributed by atoms with Crippen LogP contribution in [-0.4, -0.2) is 31.1 Å². The van der Waals surface area contributed by atoms with Gasteiger partial charge in [-0.25, -0.2) is 4.39 Å². The van der Waals surface area contributed by atoms with E-state index in [9.17, 15) is 17.6 Å². The summed E-state index contributed by atoms with van der Waals surface area (Å²) in [6, 6.07) is 2.44. The van der Waals surface area contributed by atoms with E-state index >= 15 is 0 Å². The predicted octanol–water partition coefficient (Wildman–Crippen LogP) is 4.82. The first kappa shape index (κ1) is 23.4. The molecule has 2 nitrogen and oxygen atoms in total. The van der Waals surface area contributed by atoms with Crippen LogP contribution in [0.4, 0.5) is 17.6 Å². The Hall–Kier alpha value is -0.560. The van der Waals surface area contributed by atoms with Crippen LogP contribution in [0.15, 0.2) is 18.2 Å². The van der Waals surface area contributed by atoms with Gasteiger partial charge < -0.3 is 5.32 Å². The Morgan fingerprint density at radius 2 is 1.79 bits per heavy atom. The third kappa shape index (κ3) is 6.06. The smallest absolute Gasteiger partial charge is 0.314 e. The number of hydrogen-bond donors (Lipinski definition) is 1. The lowest BCUT2D eigenvalue weighted by Gasteiger charge is -2.36. The minimum atomic E-state index is -4.46. The third-order valence-corrected chi connectivity index (χ3v) is 4.10. The molecule has 140 valence electrons. The summed E-state index contributed by atoms with van der Waals surface area (Å²) in [6.07, 6.45) is -2.12. The van der Waals surface area contributed by atoms with Gasteiger partial charge in [-0.1, -0.05) is 19.8 Å². The van der Waals surface area contributed by atoms with Crippen molar-refractivity contribution in [2.75, 3.05) is 26.2 Å². The molecule has 0 radical (unpaired) electrons. The zero-order valence-electron chi connectivity index (χ0n) is 13.5. The second-order valence-electron chi connectivity index (χ2n) is 5.67. The molecule has 1 aliphatic heterocycles. The number of piperazine rings is 1. The molecule has 1 aliphatic rings. The van der Waals surface area contributed by atoms with Gasteiger partial charge in [-0.05, 0) is 30.2 Å². The summed E-state index contributed by atoms with van der Waals surface area (Å²) in [7, 11) is 0. The van der Waals surface area contributed by atoms with Gasteiger partial charge in [-0.2, -0.15) is 13.2 Å². The molecule has 1 atom stereocenters. The first-order valence-electron chi connectivity index (χ1n) is 7.75. The highest BCUT2D eigenvalue weighted by molar-refractivity contribution is 5.85. The van der Waals surface area contributed by atoms with E-state index in [1.807, 2.05) is 11.8 Å². The normalized spacial score (nSPS) is 16.9. The van der Waals surface area contributed by atoms with Crippen molar-refractivity contribution in [1.29, 1.82) is 0 Å². The van der Waals surface area contributed by atoms with E-state index in [2.05, 4.69) is 5.32 Å². The standard InChI is InChI=1S/C16H22F4N2.2ClH/c1-2-3-4-15(22-9-7-21-8-10-22)13-11-12(17)5-6-14(13)16(18,19)20;;/h5-6,11,15,21H,2-4,7-10H2,1H3;2*1H/t15-;;/m1../s1. The molecule has 0 aromatic heterocycles. The largest absolute Gasteiger partial charge is 0.416 e. The molecule has 2 rings (SSSR count). The maximum absolute atomic E-state index is 13.6. The molecule has 0 saturated carbocycles. The van der Waals surface area contributed by atoms with Gasteiger partial charge >= 0.3 is 6.18 Å². The highest BCUT2D eigenvalue weighted by atomic mass is 35.5. The summed E-state index contributed by atoms with van der Waals surface area (Å²) in [5.74, 6) is -0.611. The quantitative estimate of drug-likeness (QED) is 0.724. The molecule has 1 heterocycles. The maximum atomic E-state index is 13.6. The molecule has 1 N–H and O–H groups in total. The first-order chi connectivity index (χ1) is 10.4. The molecule has 1 fully saturated rings. The molecular weight excluding hydrogens is 367 g/mol. The summed E-state index contributed by atoms with van der Waals surface area (Å²) >= 11 is 0. The van der Waals surface area contributed by atoms with Crippen molar-refractivity contribution in [3.05, 3.63) is 35.1 Å². The van der Waals surface area contributed by atoms with E-state index < -0.39 is 17.6 Å². The SMILES string of the molecule is CCCC[C@H](c1cc(F)ccc1C(F)(F)F)N1CCNCC1.Cl.Cl. The van der Waals surface area contributed by atoms with Crippen LogP contribution in [0, 0.1) is 5.82 Å². The molecule has 24 heavy (non-hydrogen) atoms. The van der Waals surface area contributed by atoms with E-state index in [1.54, 1.807) is 0 Å². The summed E-state index contributed by atoms with van der Waals surface area (Å²) in [4.78, 5) is 2.04. The van der Waals surface area contributed by atoms with E-state index in [-0.39, 0.29) is 36.4 Å². The molecule has 0 amide bonds. The number of halogens is 6. The number of unbranched alkanes of at least 4 members (excludes halogenated alkanes) is 1. The second kappa shape index (κ2) is 10.4. The molecular formula is C16H24Cl2F4N2. The van der Waals surface area contributed by atoms with Crippen LogP contribution in [0.2, 0.25) is 0 Å². The summed E-state index contributed by atoms with van der Waals surface area (Å²) in [5.41, 5.74) is -0.642. The van der Waals surface area contributed by atoms with Gasteiger partial charge in [0.25, 0.3) is 0 Å². The van der Waals surface area contributed by atoms with Crippen LogP contribution in [0.3, 0.4) is 0 Å². The fourth-order valence-electron chi connectivity index (χ4n) is 2.99. The summed E-state index contributed by atoms with van der Waals surface area (Å²) in [6.45, 7) is 4.87. The monoisotopic (exact) mass is 390 g/mol. The fourth-order valence-corrected chi connectivity index (χ4v) is 2.99. The number of benzene rings is 1. The van der Waals surface area contributed by atoms with Gasteiger partial charge in [-0.15, -0.1) is 24.8 Å². The Kier molecular flexibility index (Phi) is 10.2. The Labute approximate surface area is 152 Å². The van der Waals surface area contributed by atoms with Crippen LogP contribution >= 0.6 is 24.8 Å². The second-order valence-corrected chi connectivity index (χ2v) is 5.67. The number of nitrogens with zero attached hydrogens (tertiary/aromatic N) is 1. The predicted molar refractivity (Wildman–Crippen MR) is 92.6 cm³/mol. The van der Waals surface area contributed by atoms with E-state index in [1.165, 1.54) is 0 Å². The van der Waals surface area contributed by atoms with Crippen LogP contribution in [0.5, 0.6) is 0 Å². The molecule has 8 heteroatoms.